The first-order valence-electron chi connectivity index (χ1n) is 8.88. The highest BCUT2D eigenvalue weighted by Crippen LogP contribution is 2.23. The van der Waals surface area contributed by atoms with Crippen LogP contribution in [-0.4, -0.2) is 25.0 Å². The van der Waals surface area contributed by atoms with Crippen LogP contribution in [0.1, 0.15) is 28.3 Å². The number of furan rings is 1. The molecule has 0 saturated heterocycles. The first-order chi connectivity index (χ1) is 13.1. The van der Waals surface area contributed by atoms with Crippen molar-refractivity contribution in [3.8, 4) is 17.3 Å². The second-order valence-electron chi connectivity index (χ2n) is 6.65. The van der Waals surface area contributed by atoms with Gasteiger partial charge in [-0.05, 0) is 50.6 Å². The molecule has 138 valence electrons. The zero-order valence-corrected chi connectivity index (χ0v) is 15.7. The minimum atomic E-state index is 0.685. The average Bonchev–Trinajstić information content (AvgIpc) is 3.36. The molecule has 0 atom stereocenters. The number of pyridine rings is 1. The Hall–Kier alpha value is -3.19. The summed E-state index contributed by atoms with van der Waals surface area (Å²) in [6, 6.07) is 10.0. The Kier molecular flexibility index (Phi) is 4.60. The minimum absolute atomic E-state index is 0.685. The molecule has 0 unspecified atom stereocenters. The molecule has 0 aliphatic carbocycles. The lowest BCUT2D eigenvalue weighted by molar-refractivity contribution is 0.545. The number of aromatic nitrogens is 5. The highest BCUT2D eigenvalue weighted by Gasteiger charge is 2.11. The lowest BCUT2D eigenvalue weighted by Gasteiger charge is -2.07. The van der Waals surface area contributed by atoms with Crippen molar-refractivity contribution in [1.82, 2.24) is 30.3 Å². The van der Waals surface area contributed by atoms with E-state index in [9.17, 15) is 0 Å². The van der Waals surface area contributed by atoms with Gasteiger partial charge in [0, 0.05) is 30.5 Å². The Labute approximate surface area is 157 Å². The van der Waals surface area contributed by atoms with Crippen molar-refractivity contribution in [3.05, 3.63) is 71.0 Å². The van der Waals surface area contributed by atoms with E-state index >= 15 is 0 Å². The van der Waals surface area contributed by atoms with Crippen molar-refractivity contribution in [1.29, 1.82) is 0 Å². The molecule has 0 radical (unpaired) electrons. The van der Waals surface area contributed by atoms with Crippen molar-refractivity contribution in [2.24, 2.45) is 0 Å². The van der Waals surface area contributed by atoms with E-state index < -0.39 is 0 Å². The summed E-state index contributed by atoms with van der Waals surface area (Å²) in [6.45, 7) is 7.34. The van der Waals surface area contributed by atoms with Crippen molar-refractivity contribution in [3.63, 3.8) is 0 Å². The topological polar surface area (TPSA) is 84.6 Å². The molecule has 7 heteroatoms. The van der Waals surface area contributed by atoms with E-state index in [1.807, 2.05) is 62.1 Å². The summed E-state index contributed by atoms with van der Waals surface area (Å²) in [5, 5.41) is 15.1. The van der Waals surface area contributed by atoms with Gasteiger partial charge in [0.2, 0.25) is 0 Å². The monoisotopic (exact) mass is 362 g/mol. The van der Waals surface area contributed by atoms with Crippen LogP contribution >= 0.6 is 0 Å². The van der Waals surface area contributed by atoms with Crippen LogP contribution in [0, 0.1) is 20.8 Å². The molecule has 0 aliphatic rings. The summed E-state index contributed by atoms with van der Waals surface area (Å²) in [6.07, 6.45) is 3.70. The van der Waals surface area contributed by atoms with E-state index in [4.69, 9.17) is 4.42 Å². The largest absolute Gasteiger partial charge is 0.460 e. The molecule has 7 nitrogen and oxygen atoms in total. The smallest absolute Gasteiger partial charge is 0.153 e. The third kappa shape index (κ3) is 3.68. The molecule has 0 amide bonds. The molecule has 0 saturated carbocycles. The van der Waals surface area contributed by atoms with Crippen LogP contribution in [0.25, 0.3) is 17.3 Å². The lowest BCUT2D eigenvalue weighted by Crippen LogP contribution is -2.13. The highest BCUT2D eigenvalue weighted by atomic mass is 16.3. The first kappa shape index (κ1) is 17.2. The van der Waals surface area contributed by atoms with Crippen molar-refractivity contribution < 1.29 is 4.42 Å². The molecule has 4 rings (SSSR count). The minimum Gasteiger partial charge on any atom is -0.460 e. The standard InChI is InChI=1S/C20H22N6O/c1-13-8-14(2)26(25-13)19-7-5-16(10-22-19)9-21-11-17-12-23-24-20(17)18-6-4-15(3)27-18/h4-8,10,12,21H,9,11H2,1-3H3,(H,23,24). The van der Waals surface area contributed by atoms with Gasteiger partial charge in [0.25, 0.3) is 0 Å². The molecule has 0 aliphatic heterocycles. The number of hydrogen-bond donors (Lipinski definition) is 2. The van der Waals surface area contributed by atoms with E-state index in [1.54, 1.807) is 0 Å². The molecule has 27 heavy (non-hydrogen) atoms. The number of aryl methyl sites for hydroxylation is 3. The third-order valence-electron chi connectivity index (χ3n) is 4.38. The molecule has 0 aromatic carbocycles. The van der Waals surface area contributed by atoms with Gasteiger partial charge in [-0.2, -0.15) is 10.2 Å². The van der Waals surface area contributed by atoms with Gasteiger partial charge in [-0.25, -0.2) is 9.67 Å². The normalized spacial score (nSPS) is 11.2. The van der Waals surface area contributed by atoms with Crippen LogP contribution < -0.4 is 5.32 Å². The second kappa shape index (κ2) is 7.20. The van der Waals surface area contributed by atoms with Crippen LogP contribution in [0.2, 0.25) is 0 Å². The van der Waals surface area contributed by atoms with Gasteiger partial charge >= 0.3 is 0 Å². The maximum absolute atomic E-state index is 5.68. The number of hydrogen-bond acceptors (Lipinski definition) is 5. The summed E-state index contributed by atoms with van der Waals surface area (Å²) < 4.78 is 7.54. The predicted molar refractivity (Wildman–Crippen MR) is 102 cm³/mol. The SMILES string of the molecule is Cc1cc(C)n(-c2ccc(CNCc3cn[nH]c3-c3ccc(C)o3)cn2)n1. The number of nitrogens with one attached hydrogen (secondary N) is 2. The third-order valence-corrected chi connectivity index (χ3v) is 4.38. The fourth-order valence-corrected chi connectivity index (χ4v) is 3.08. The number of H-pyrrole nitrogens is 1. The van der Waals surface area contributed by atoms with Crippen LogP contribution in [0.3, 0.4) is 0 Å². The fraction of sp³-hybridized carbons (Fsp3) is 0.250. The molecule has 0 bridgehead atoms. The van der Waals surface area contributed by atoms with Gasteiger partial charge in [0.05, 0.1) is 11.9 Å². The Morgan fingerprint density at radius 3 is 2.63 bits per heavy atom. The van der Waals surface area contributed by atoms with Gasteiger partial charge in [-0.1, -0.05) is 6.07 Å². The Morgan fingerprint density at radius 2 is 1.96 bits per heavy atom. The van der Waals surface area contributed by atoms with Gasteiger partial charge < -0.3 is 9.73 Å². The number of nitrogens with zero attached hydrogens (tertiary/aromatic N) is 4. The average molecular weight is 362 g/mol. The maximum Gasteiger partial charge on any atom is 0.153 e. The lowest BCUT2D eigenvalue weighted by atomic mass is 10.2. The first-order valence-corrected chi connectivity index (χ1v) is 8.88. The van der Waals surface area contributed by atoms with Crippen LogP contribution in [0.5, 0.6) is 0 Å². The molecule has 0 fully saturated rings. The van der Waals surface area contributed by atoms with Gasteiger partial charge in [0.1, 0.15) is 11.5 Å². The second-order valence-corrected chi connectivity index (χ2v) is 6.65. The van der Waals surface area contributed by atoms with E-state index in [0.29, 0.717) is 13.1 Å². The Balaban J connectivity index is 1.39. The Bertz CT molecular complexity index is 1040. The van der Waals surface area contributed by atoms with E-state index in [2.05, 4.69) is 31.7 Å². The fourth-order valence-electron chi connectivity index (χ4n) is 3.08. The molecular weight excluding hydrogens is 340 g/mol. The molecule has 4 aromatic rings. The van der Waals surface area contributed by atoms with E-state index in [0.717, 1.165) is 45.5 Å². The van der Waals surface area contributed by atoms with E-state index in [-0.39, 0.29) is 0 Å². The molecule has 2 N–H and O–H groups in total. The summed E-state index contributed by atoms with van der Waals surface area (Å²) in [4.78, 5) is 4.53. The Morgan fingerprint density at radius 1 is 1.07 bits per heavy atom. The summed E-state index contributed by atoms with van der Waals surface area (Å²) in [5.74, 6) is 2.51. The van der Waals surface area contributed by atoms with Crippen molar-refractivity contribution >= 4 is 0 Å². The zero-order valence-electron chi connectivity index (χ0n) is 15.7. The molecule has 4 heterocycles. The number of aromatic amines is 1. The summed E-state index contributed by atoms with van der Waals surface area (Å²) in [7, 11) is 0. The van der Waals surface area contributed by atoms with Gasteiger partial charge in [-0.15, -0.1) is 0 Å². The molecule has 0 spiro atoms. The molecule has 4 aromatic heterocycles. The van der Waals surface area contributed by atoms with Gasteiger partial charge in [-0.3, -0.25) is 5.10 Å². The van der Waals surface area contributed by atoms with Crippen LogP contribution in [0.15, 0.2) is 47.1 Å². The highest BCUT2D eigenvalue weighted by molar-refractivity contribution is 5.56. The van der Waals surface area contributed by atoms with Gasteiger partial charge in [0.15, 0.2) is 11.6 Å². The summed E-state index contributed by atoms with van der Waals surface area (Å²) >= 11 is 0. The number of rotatable bonds is 6. The van der Waals surface area contributed by atoms with Crippen molar-refractivity contribution in [2.75, 3.05) is 0 Å². The van der Waals surface area contributed by atoms with E-state index in [1.165, 1.54) is 0 Å². The van der Waals surface area contributed by atoms with Crippen molar-refractivity contribution in [2.45, 2.75) is 33.9 Å². The zero-order chi connectivity index (χ0) is 18.8. The maximum atomic E-state index is 5.68. The quantitative estimate of drug-likeness (QED) is 0.549. The molecular formula is C20H22N6O. The predicted octanol–water partition coefficient (Wildman–Crippen LogP) is 3.47. The summed E-state index contributed by atoms with van der Waals surface area (Å²) in [5.41, 5.74) is 5.15. The van der Waals surface area contributed by atoms with Crippen LogP contribution in [0.4, 0.5) is 0 Å². The van der Waals surface area contributed by atoms with Crippen LogP contribution in [-0.2, 0) is 13.1 Å².